The maximum atomic E-state index is 11.8. The highest BCUT2D eigenvalue weighted by Crippen LogP contribution is 2.11. The Morgan fingerprint density at radius 3 is 2.32 bits per heavy atom. The van der Waals surface area contributed by atoms with Gasteiger partial charge in [-0.05, 0) is 23.3 Å². The second kappa shape index (κ2) is 6.59. The Bertz CT molecular complexity index is 520. The molecule has 0 aliphatic rings. The number of benzene rings is 2. The number of carbonyl (C=O) groups excluding carboxylic acids is 1. The molecular formula is C16H17NO2. The highest BCUT2D eigenvalue weighted by Gasteiger charge is 2.02. The smallest absolute Gasteiger partial charge is 0.224 e. The molecule has 19 heavy (non-hydrogen) atoms. The number of rotatable bonds is 5. The molecule has 0 aliphatic carbocycles. The first kappa shape index (κ1) is 13.1. The molecule has 1 N–H and O–H groups in total. The van der Waals surface area contributed by atoms with Gasteiger partial charge in [0, 0.05) is 6.54 Å². The van der Waals surface area contributed by atoms with E-state index in [1.54, 1.807) is 7.11 Å². The Kier molecular flexibility index (Phi) is 4.56. The number of ether oxygens (including phenoxy) is 1. The van der Waals surface area contributed by atoms with Crippen molar-refractivity contribution in [1.82, 2.24) is 5.32 Å². The van der Waals surface area contributed by atoms with Gasteiger partial charge in [0.15, 0.2) is 0 Å². The number of nitrogens with one attached hydrogen (secondary N) is 1. The fraction of sp³-hybridized carbons (Fsp3) is 0.188. The van der Waals surface area contributed by atoms with E-state index >= 15 is 0 Å². The van der Waals surface area contributed by atoms with Crippen LogP contribution in [0.3, 0.4) is 0 Å². The maximum Gasteiger partial charge on any atom is 0.224 e. The van der Waals surface area contributed by atoms with Crippen LogP contribution in [0.25, 0.3) is 0 Å². The van der Waals surface area contributed by atoms with Crippen molar-refractivity contribution in [1.29, 1.82) is 0 Å². The molecule has 98 valence electrons. The largest absolute Gasteiger partial charge is 0.497 e. The van der Waals surface area contributed by atoms with Crippen molar-refractivity contribution >= 4 is 5.91 Å². The maximum absolute atomic E-state index is 11.8. The zero-order valence-corrected chi connectivity index (χ0v) is 10.9. The topological polar surface area (TPSA) is 38.3 Å². The van der Waals surface area contributed by atoms with Crippen molar-refractivity contribution in [3.05, 3.63) is 65.7 Å². The second-order valence-corrected chi connectivity index (χ2v) is 4.29. The summed E-state index contributed by atoms with van der Waals surface area (Å²) in [6, 6.07) is 17.4. The van der Waals surface area contributed by atoms with Crippen LogP contribution in [0.4, 0.5) is 0 Å². The van der Waals surface area contributed by atoms with E-state index < -0.39 is 0 Å². The van der Waals surface area contributed by atoms with E-state index in [-0.39, 0.29) is 5.91 Å². The molecule has 0 saturated heterocycles. The third-order valence-corrected chi connectivity index (χ3v) is 2.86. The van der Waals surface area contributed by atoms with Gasteiger partial charge in [-0.1, -0.05) is 42.5 Å². The van der Waals surface area contributed by atoms with Gasteiger partial charge in [-0.3, -0.25) is 4.79 Å². The van der Waals surface area contributed by atoms with Crippen LogP contribution < -0.4 is 10.1 Å². The lowest BCUT2D eigenvalue weighted by Crippen LogP contribution is -2.24. The summed E-state index contributed by atoms with van der Waals surface area (Å²) in [6.45, 7) is 0.537. The third-order valence-electron chi connectivity index (χ3n) is 2.86. The minimum atomic E-state index is 0.0296. The molecule has 2 rings (SSSR count). The summed E-state index contributed by atoms with van der Waals surface area (Å²) in [4.78, 5) is 11.8. The summed E-state index contributed by atoms with van der Waals surface area (Å²) >= 11 is 0. The highest BCUT2D eigenvalue weighted by molar-refractivity contribution is 5.78. The highest BCUT2D eigenvalue weighted by atomic mass is 16.5. The van der Waals surface area contributed by atoms with Crippen LogP contribution in [0.1, 0.15) is 11.1 Å². The number of amides is 1. The van der Waals surface area contributed by atoms with Crippen LogP contribution in [0.5, 0.6) is 5.75 Å². The van der Waals surface area contributed by atoms with E-state index in [1.165, 1.54) is 0 Å². The first-order valence-electron chi connectivity index (χ1n) is 6.21. The van der Waals surface area contributed by atoms with Gasteiger partial charge in [-0.25, -0.2) is 0 Å². The average Bonchev–Trinajstić information content (AvgIpc) is 2.47. The number of methoxy groups -OCH3 is 1. The Hall–Kier alpha value is -2.29. The van der Waals surface area contributed by atoms with Crippen LogP contribution in [0.15, 0.2) is 54.6 Å². The van der Waals surface area contributed by atoms with E-state index in [2.05, 4.69) is 5.32 Å². The Morgan fingerprint density at radius 2 is 1.68 bits per heavy atom. The minimum absolute atomic E-state index is 0.0296. The van der Waals surface area contributed by atoms with E-state index in [9.17, 15) is 4.79 Å². The van der Waals surface area contributed by atoms with Gasteiger partial charge in [-0.15, -0.1) is 0 Å². The molecule has 0 aliphatic heterocycles. The Labute approximate surface area is 113 Å². The van der Waals surface area contributed by atoms with Gasteiger partial charge >= 0.3 is 0 Å². The first-order chi connectivity index (χ1) is 9.28. The minimum Gasteiger partial charge on any atom is -0.497 e. The predicted octanol–water partition coefficient (Wildman–Crippen LogP) is 2.55. The van der Waals surface area contributed by atoms with Crippen LogP contribution >= 0.6 is 0 Å². The molecule has 0 saturated carbocycles. The second-order valence-electron chi connectivity index (χ2n) is 4.29. The van der Waals surface area contributed by atoms with Crippen LogP contribution in [-0.4, -0.2) is 13.0 Å². The molecule has 0 bridgehead atoms. The normalized spacial score (nSPS) is 9.95. The molecule has 1 amide bonds. The average molecular weight is 255 g/mol. The molecule has 3 nitrogen and oxygen atoms in total. The van der Waals surface area contributed by atoms with Crippen molar-refractivity contribution in [2.24, 2.45) is 0 Å². The van der Waals surface area contributed by atoms with Gasteiger partial charge in [0.2, 0.25) is 5.91 Å². The van der Waals surface area contributed by atoms with Gasteiger partial charge in [0.05, 0.1) is 13.5 Å². The van der Waals surface area contributed by atoms with Crippen molar-refractivity contribution in [3.63, 3.8) is 0 Å². The van der Waals surface area contributed by atoms with E-state index in [0.29, 0.717) is 13.0 Å². The zero-order valence-electron chi connectivity index (χ0n) is 10.9. The lowest BCUT2D eigenvalue weighted by molar-refractivity contribution is -0.120. The molecule has 0 radical (unpaired) electrons. The van der Waals surface area contributed by atoms with Gasteiger partial charge in [0.25, 0.3) is 0 Å². The summed E-state index contributed by atoms with van der Waals surface area (Å²) in [7, 11) is 1.64. The van der Waals surface area contributed by atoms with Crippen molar-refractivity contribution in [3.8, 4) is 5.75 Å². The van der Waals surface area contributed by atoms with Gasteiger partial charge in [0.1, 0.15) is 5.75 Å². The molecule has 0 atom stereocenters. The third kappa shape index (κ3) is 4.14. The Balaban J connectivity index is 1.83. The van der Waals surface area contributed by atoms with Crippen LogP contribution in [0.2, 0.25) is 0 Å². The summed E-state index contributed by atoms with van der Waals surface area (Å²) < 4.78 is 5.09. The molecule has 0 aromatic heterocycles. The number of hydrogen-bond donors (Lipinski definition) is 1. The molecule has 2 aromatic carbocycles. The summed E-state index contributed by atoms with van der Waals surface area (Å²) in [5.74, 6) is 0.849. The van der Waals surface area contributed by atoms with E-state index in [4.69, 9.17) is 4.74 Å². The molecule has 0 fully saturated rings. The van der Waals surface area contributed by atoms with E-state index in [0.717, 1.165) is 16.9 Å². The fourth-order valence-electron chi connectivity index (χ4n) is 1.79. The SMILES string of the molecule is COc1ccc(CNC(=O)Cc2ccccc2)cc1. The molecule has 0 unspecified atom stereocenters. The first-order valence-corrected chi connectivity index (χ1v) is 6.21. The number of carbonyl (C=O) groups is 1. The van der Waals surface area contributed by atoms with Crippen molar-refractivity contribution in [2.45, 2.75) is 13.0 Å². The summed E-state index contributed by atoms with van der Waals surface area (Å²) in [6.07, 6.45) is 0.414. The monoisotopic (exact) mass is 255 g/mol. The lowest BCUT2D eigenvalue weighted by Gasteiger charge is -2.06. The molecular weight excluding hydrogens is 238 g/mol. The van der Waals surface area contributed by atoms with Crippen LogP contribution in [0, 0.1) is 0 Å². The van der Waals surface area contributed by atoms with E-state index in [1.807, 2.05) is 54.6 Å². The molecule has 0 heterocycles. The fourth-order valence-corrected chi connectivity index (χ4v) is 1.79. The summed E-state index contributed by atoms with van der Waals surface area (Å²) in [5, 5.41) is 2.91. The quantitative estimate of drug-likeness (QED) is 0.891. The predicted molar refractivity (Wildman–Crippen MR) is 75.0 cm³/mol. The molecule has 0 spiro atoms. The van der Waals surface area contributed by atoms with Gasteiger partial charge in [-0.2, -0.15) is 0 Å². The summed E-state index contributed by atoms with van der Waals surface area (Å²) in [5.41, 5.74) is 2.08. The van der Waals surface area contributed by atoms with Crippen LogP contribution in [-0.2, 0) is 17.8 Å². The lowest BCUT2D eigenvalue weighted by atomic mass is 10.1. The number of hydrogen-bond acceptors (Lipinski definition) is 2. The van der Waals surface area contributed by atoms with Gasteiger partial charge < -0.3 is 10.1 Å². The molecule has 3 heteroatoms. The zero-order chi connectivity index (χ0) is 13.5. The molecule has 2 aromatic rings. The van der Waals surface area contributed by atoms with Crippen molar-refractivity contribution in [2.75, 3.05) is 7.11 Å². The standard InChI is InChI=1S/C16H17NO2/c1-19-15-9-7-14(8-10-15)12-17-16(18)11-13-5-3-2-4-6-13/h2-10H,11-12H2,1H3,(H,17,18). The van der Waals surface area contributed by atoms with Crippen molar-refractivity contribution < 1.29 is 9.53 Å². The Morgan fingerprint density at radius 1 is 1.00 bits per heavy atom.